The normalized spacial score (nSPS) is 13.2. The molecule has 0 aliphatic heterocycles. The van der Waals surface area contributed by atoms with Gasteiger partial charge in [0.15, 0.2) is 0 Å². The van der Waals surface area contributed by atoms with Crippen LogP contribution < -0.4 is 5.32 Å². The van der Waals surface area contributed by atoms with Crippen molar-refractivity contribution in [2.45, 2.75) is 19.5 Å². The van der Waals surface area contributed by atoms with Crippen LogP contribution in [0.15, 0.2) is 6.33 Å². The SMILES string of the molecule is CSCC(C)NCc1nncn1C. The maximum atomic E-state index is 3.99. The molecule has 5 heteroatoms. The highest BCUT2D eigenvalue weighted by Gasteiger charge is 2.03. The monoisotopic (exact) mass is 200 g/mol. The van der Waals surface area contributed by atoms with E-state index >= 15 is 0 Å². The number of aryl methyl sites for hydroxylation is 1. The third-order valence-electron chi connectivity index (χ3n) is 1.83. The second-order valence-electron chi connectivity index (χ2n) is 3.10. The molecule has 1 unspecified atom stereocenters. The van der Waals surface area contributed by atoms with Crippen LogP contribution in [-0.2, 0) is 13.6 Å². The molecular weight excluding hydrogens is 184 g/mol. The van der Waals surface area contributed by atoms with Crippen molar-refractivity contribution in [3.63, 3.8) is 0 Å². The van der Waals surface area contributed by atoms with Gasteiger partial charge in [-0.3, -0.25) is 0 Å². The van der Waals surface area contributed by atoms with Crippen molar-refractivity contribution in [2.24, 2.45) is 7.05 Å². The zero-order chi connectivity index (χ0) is 9.68. The summed E-state index contributed by atoms with van der Waals surface area (Å²) in [5, 5.41) is 11.2. The second-order valence-corrected chi connectivity index (χ2v) is 4.01. The Morgan fingerprint density at radius 1 is 1.69 bits per heavy atom. The first-order valence-electron chi connectivity index (χ1n) is 4.29. The number of rotatable bonds is 5. The second kappa shape index (κ2) is 5.24. The highest BCUT2D eigenvalue weighted by Crippen LogP contribution is 1.97. The smallest absolute Gasteiger partial charge is 0.146 e. The maximum Gasteiger partial charge on any atom is 0.146 e. The Bertz CT molecular complexity index is 248. The Labute approximate surface area is 83.1 Å². The lowest BCUT2D eigenvalue weighted by molar-refractivity contribution is 0.566. The molecule has 1 aromatic heterocycles. The topological polar surface area (TPSA) is 42.7 Å². The first-order chi connectivity index (χ1) is 6.24. The lowest BCUT2D eigenvalue weighted by Crippen LogP contribution is -2.28. The van der Waals surface area contributed by atoms with Crippen molar-refractivity contribution in [1.29, 1.82) is 0 Å². The first-order valence-corrected chi connectivity index (χ1v) is 5.68. The number of aromatic nitrogens is 3. The Morgan fingerprint density at radius 2 is 2.46 bits per heavy atom. The minimum atomic E-state index is 0.520. The van der Waals surface area contributed by atoms with Gasteiger partial charge in [0.05, 0.1) is 6.54 Å². The van der Waals surface area contributed by atoms with Gasteiger partial charge in [-0.2, -0.15) is 11.8 Å². The summed E-state index contributed by atoms with van der Waals surface area (Å²) >= 11 is 1.85. The van der Waals surface area contributed by atoms with Gasteiger partial charge >= 0.3 is 0 Å². The highest BCUT2D eigenvalue weighted by molar-refractivity contribution is 7.98. The van der Waals surface area contributed by atoms with E-state index < -0.39 is 0 Å². The van der Waals surface area contributed by atoms with Gasteiger partial charge in [-0.1, -0.05) is 0 Å². The van der Waals surface area contributed by atoms with Crippen LogP contribution in [-0.4, -0.2) is 32.8 Å². The summed E-state index contributed by atoms with van der Waals surface area (Å²) in [5.74, 6) is 2.10. The molecule has 0 amide bonds. The fraction of sp³-hybridized carbons (Fsp3) is 0.750. The van der Waals surface area contributed by atoms with E-state index in [0.29, 0.717) is 6.04 Å². The number of nitrogens with one attached hydrogen (secondary N) is 1. The zero-order valence-corrected chi connectivity index (χ0v) is 9.14. The van der Waals surface area contributed by atoms with Crippen LogP contribution in [0.2, 0.25) is 0 Å². The first kappa shape index (κ1) is 10.5. The van der Waals surface area contributed by atoms with E-state index in [2.05, 4.69) is 28.7 Å². The van der Waals surface area contributed by atoms with Gasteiger partial charge in [0.1, 0.15) is 12.2 Å². The molecule has 13 heavy (non-hydrogen) atoms. The fourth-order valence-corrected chi connectivity index (χ4v) is 1.66. The lowest BCUT2D eigenvalue weighted by Gasteiger charge is -2.11. The molecular formula is C8H16N4S. The number of hydrogen-bond acceptors (Lipinski definition) is 4. The minimum absolute atomic E-state index is 0.520. The van der Waals surface area contributed by atoms with Crippen molar-refractivity contribution >= 4 is 11.8 Å². The molecule has 0 fully saturated rings. The molecule has 1 rings (SSSR count). The van der Waals surface area contributed by atoms with Crippen molar-refractivity contribution in [3.05, 3.63) is 12.2 Å². The van der Waals surface area contributed by atoms with E-state index in [1.54, 1.807) is 6.33 Å². The van der Waals surface area contributed by atoms with Gasteiger partial charge < -0.3 is 9.88 Å². The summed E-state index contributed by atoms with van der Waals surface area (Å²) < 4.78 is 1.93. The van der Waals surface area contributed by atoms with E-state index in [9.17, 15) is 0 Å². The molecule has 0 saturated heterocycles. The molecule has 74 valence electrons. The van der Waals surface area contributed by atoms with Crippen LogP contribution in [0.25, 0.3) is 0 Å². The van der Waals surface area contributed by atoms with Crippen LogP contribution in [0.1, 0.15) is 12.7 Å². The largest absolute Gasteiger partial charge is 0.320 e. The van der Waals surface area contributed by atoms with Gasteiger partial charge in [0.2, 0.25) is 0 Å². The average Bonchev–Trinajstić information content (AvgIpc) is 2.48. The molecule has 1 heterocycles. The van der Waals surface area contributed by atoms with Gasteiger partial charge in [0, 0.05) is 18.8 Å². The third-order valence-corrected chi connectivity index (χ3v) is 2.66. The molecule has 0 aromatic carbocycles. The van der Waals surface area contributed by atoms with E-state index in [1.165, 1.54) is 0 Å². The number of nitrogens with zero attached hydrogens (tertiary/aromatic N) is 3. The fourth-order valence-electron chi connectivity index (χ4n) is 1.04. The van der Waals surface area contributed by atoms with Gasteiger partial charge in [0.25, 0.3) is 0 Å². The molecule has 0 aliphatic rings. The van der Waals surface area contributed by atoms with E-state index in [0.717, 1.165) is 18.1 Å². The van der Waals surface area contributed by atoms with Crippen LogP contribution in [0, 0.1) is 0 Å². The molecule has 0 aliphatic carbocycles. The summed E-state index contributed by atoms with van der Waals surface area (Å²) in [7, 11) is 1.95. The molecule has 1 atom stereocenters. The molecule has 1 N–H and O–H groups in total. The summed E-state index contributed by atoms with van der Waals surface area (Å²) in [6.07, 6.45) is 3.83. The summed E-state index contributed by atoms with van der Waals surface area (Å²) in [6.45, 7) is 2.96. The van der Waals surface area contributed by atoms with Crippen LogP contribution >= 0.6 is 11.8 Å². The van der Waals surface area contributed by atoms with Gasteiger partial charge in [-0.15, -0.1) is 10.2 Å². The summed E-state index contributed by atoms with van der Waals surface area (Å²) in [5.41, 5.74) is 0. The standard InChI is InChI=1S/C8H16N4S/c1-7(5-13-3)9-4-8-11-10-6-12(8)2/h6-7,9H,4-5H2,1-3H3. The Morgan fingerprint density at radius 3 is 3.00 bits per heavy atom. The zero-order valence-electron chi connectivity index (χ0n) is 8.32. The number of hydrogen-bond donors (Lipinski definition) is 1. The Balaban J connectivity index is 2.30. The molecule has 1 aromatic rings. The van der Waals surface area contributed by atoms with Gasteiger partial charge in [-0.25, -0.2) is 0 Å². The minimum Gasteiger partial charge on any atom is -0.320 e. The van der Waals surface area contributed by atoms with Crippen molar-refractivity contribution in [2.75, 3.05) is 12.0 Å². The highest BCUT2D eigenvalue weighted by atomic mass is 32.2. The lowest BCUT2D eigenvalue weighted by atomic mass is 10.4. The van der Waals surface area contributed by atoms with Crippen molar-refractivity contribution in [3.8, 4) is 0 Å². The van der Waals surface area contributed by atoms with Crippen molar-refractivity contribution in [1.82, 2.24) is 20.1 Å². The van der Waals surface area contributed by atoms with Crippen LogP contribution in [0.5, 0.6) is 0 Å². The predicted octanol–water partition coefficient (Wildman–Crippen LogP) is 0.656. The molecule has 0 bridgehead atoms. The molecule has 0 spiro atoms. The van der Waals surface area contributed by atoms with Gasteiger partial charge in [-0.05, 0) is 13.2 Å². The molecule has 4 nitrogen and oxygen atoms in total. The van der Waals surface area contributed by atoms with Crippen molar-refractivity contribution < 1.29 is 0 Å². The van der Waals surface area contributed by atoms with Crippen LogP contribution in [0.3, 0.4) is 0 Å². The predicted molar refractivity (Wildman–Crippen MR) is 55.7 cm³/mol. The van der Waals surface area contributed by atoms with E-state index in [-0.39, 0.29) is 0 Å². The number of thioether (sulfide) groups is 1. The molecule has 0 radical (unpaired) electrons. The summed E-state index contributed by atoms with van der Waals surface area (Å²) in [4.78, 5) is 0. The van der Waals surface area contributed by atoms with E-state index in [4.69, 9.17) is 0 Å². The van der Waals surface area contributed by atoms with E-state index in [1.807, 2.05) is 23.4 Å². The Kier molecular flexibility index (Phi) is 4.24. The van der Waals surface area contributed by atoms with Crippen LogP contribution in [0.4, 0.5) is 0 Å². The Hall–Kier alpha value is -0.550. The maximum absolute atomic E-state index is 3.99. The molecule has 0 saturated carbocycles. The third kappa shape index (κ3) is 3.36. The average molecular weight is 200 g/mol. The quantitative estimate of drug-likeness (QED) is 0.758. The summed E-state index contributed by atoms with van der Waals surface area (Å²) in [6, 6.07) is 0.520.